The summed E-state index contributed by atoms with van der Waals surface area (Å²) >= 11 is 1.57. The molecule has 430 valence electrons. The minimum Gasteiger partial charge on any atom is -0.391 e. The second kappa shape index (κ2) is 24.0. The van der Waals surface area contributed by atoms with E-state index in [4.69, 9.17) is 0 Å². The Morgan fingerprint density at radius 1 is 0.864 bits per heavy atom. The van der Waals surface area contributed by atoms with Crippen molar-refractivity contribution in [3.8, 4) is 21.6 Å². The molecule has 5 N–H and O–H groups in total. The molecule has 18 nitrogen and oxygen atoms in total. The standard InChI is InChI=1S/C58H68F3N11O7S2/c1-35-53(80-34-65-35)39-7-5-36(6-8-39)27-64-56(76)48-26-43(73)32-72(48)57(77)54(58(2,3)4)66-49(74)33-68-18-15-37(16-19-68)30-69-21-23-70(24-22-69)42-11-9-38(10-12-42)40-25-44-45(29-63-55(44)62-28-40)52(75)50-46(60)13-14-47(51(50)61)67-81(78,79)71-20-17-41(59)31-71/h5-14,25,28-29,34,37,41,43,48,54,67,73H,15-24,26-27,30-33H2,1-4H3,(H,62,63)(H,64,76)(H,66,74)/t41-,43-,48+,54-/m1/s1. The molecule has 0 bridgehead atoms. The van der Waals surface area contributed by atoms with Crippen LogP contribution in [0.3, 0.4) is 0 Å². The number of thiazole rings is 1. The van der Waals surface area contributed by atoms with Crippen molar-refractivity contribution < 1.29 is 45.9 Å². The summed E-state index contributed by atoms with van der Waals surface area (Å²) in [7, 11) is -4.37. The van der Waals surface area contributed by atoms with E-state index in [2.05, 4.69) is 40.3 Å². The Kier molecular flexibility index (Phi) is 17.0. The van der Waals surface area contributed by atoms with Gasteiger partial charge in [0.05, 0.1) is 40.0 Å². The molecule has 3 aromatic heterocycles. The number of H-pyrrole nitrogens is 1. The molecule has 0 spiro atoms. The lowest BCUT2D eigenvalue weighted by atomic mass is 9.85. The summed E-state index contributed by atoms with van der Waals surface area (Å²) < 4.78 is 73.4. The van der Waals surface area contributed by atoms with E-state index >= 15 is 8.78 Å². The lowest BCUT2D eigenvalue weighted by Gasteiger charge is -2.40. The van der Waals surface area contributed by atoms with Gasteiger partial charge in [-0.3, -0.25) is 33.7 Å². The Bertz CT molecular complexity index is 3400. The highest BCUT2D eigenvalue weighted by molar-refractivity contribution is 7.90. The Morgan fingerprint density at radius 2 is 1.58 bits per heavy atom. The zero-order valence-electron chi connectivity index (χ0n) is 45.8. The number of likely N-dealkylation sites (tertiary alicyclic amines) is 2. The minimum absolute atomic E-state index is 0.000186. The maximum atomic E-state index is 15.8. The van der Waals surface area contributed by atoms with Gasteiger partial charge in [0.2, 0.25) is 23.5 Å². The molecule has 4 saturated heterocycles. The number of nitrogens with zero attached hydrogens (tertiary/aromatic N) is 7. The van der Waals surface area contributed by atoms with Crippen LogP contribution in [-0.4, -0.2) is 167 Å². The van der Waals surface area contributed by atoms with E-state index in [9.17, 15) is 37.1 Å². The van der Waals surface area contributed by atoms with E-state index in [0.29, 0.717) is 22.5 Å². The summed E-state index contributed by atoms with van der Waals surface area (Å²) in [5.41, 5.74) is 5.23. The second-order valence-electron chi connectivity index (χ2n) is 22.8. The van der Waals surface area contributed by atoms with Crippen LogP contribution in [-0.2, 0) is 31.1 Å². The summed E-state index contributed by atoms with van der Waals surface area (Å²) in [6, 6.07) is 17.5. The number of piperidine rings is 1. The third-order valence-corrected chi connectivity index (χ3v) is 18.5. The van der Waals surface area contributed by atoms with Gasteiger partial charge in [-0.15, -0.1) is 11.3 Å². The number of benzene rings is 3. The summed E-state index contributed by atoms with van der Waals surface area (Å²) in [5, 5.41) is 17.0. The first-order valence-corrected chi connectivity index (χ1v) is 29.8. The predicted octanol–water partition coefficient (Wildman–Crippen LogP) is 6.51. The first kappa shape index (κ1) is 57.5. The number of alkyl halides is 1. The number of nitrogens with one attached hydrogen (secondary N) is 4. The molecule has 0 saturated carbocycles. The molecule has 4 fully saturated rings. The van der Waals surface area contributed by atoms with Crippen molar-refractivity contribution in [2.24, 2.45) is 11.3 Å². The highest BCUT2D eigenvalue weighted by atomic mass is 32.2. The normalized spacial score (nSPS) is 20.2. The van der Waals surface area contributed by atoms with Crippen molar-refractivity contribution >= 4 is 67.5 Å². The van der Waals surface area contributed by atoms with Crippen molar-refractivity contribution in [2.45, 2.75) is 84.3 Å². The monoisotopic (exact) mass is 1150 g/mol. The van der Waals surface area contributed by atoms with Gasteiger partial charge in [0.15, 0.2) is 5.82 Å². The first-order valence-electron chi connectivity index (χ1n) is 27.5. The third kappa shape index (κ3) is 13.0. The van der Waals surface area contributed by atoms with Crippen LogP contribution >= 0.6 is 11.3 Å². The number of carbonyl (C=O) groups excluding carboxylic acids is 4. The van der Waals surface area contributed by atoms with Crippen LogP contribution in [0.2, 0.25) is 0 Å². The van der Waals surface area contributed by atoms with Gasteiger partial charge in [-0.25, -0.2) is 23.1 Å². The van der Waals surface area contributed by atoms with Gasteiger partial charge < -0.3 is 30.5 Å². The lowest BCUT2D eigenvalue weighted by Crippen LogP contribution is -2.59. The molecule has 4 aliphatic heterocycles. The number of piperazine rings is 1. The molecule has 81 heavy (non-hydrogen) atoms. The summed E-state index contributed by atoms with van der Waals surface area (Å²) in [6.45, 7) is 13.4. The number of anilines is 2. The third-order valence-electron chi connectivity index (χ3n) is 16.0. The number of ketones is 1. The van der Waals surface area contributed by atoms with Crippen LogP contribution in [0.5, 0.6) is 0 Å². The quantitative estimate of drug-likeness (QED) is 0.0618. The number of aromatic amines is 1. The summed E-state index contributed by atoms with van der Waals surface area (Å²) in [6.07, 6.45) is 2.69. The number of aliphatic hydroxyl groups excluding tert-OH is 1. The van der Waals surface area contributed by atoms with Crippen molar-refractivity contribution in [2.75, 3.05) is 81.6 Å². The fraction of sp³-hybridized carbons (Fsp3) is 0.448. The zero-order chi connectivity index (χ0) is 57.3. The van der Waals surface area contributed by atoms with E-state index in [-0.39, 0.29) is 56.4 Å². The molecule has 23 heteroatoms. The SMILES string of the molecule is Cc1ncsc1-c1ccc(CNC(=O)[C@@H]2C[C@@H](O)CN2C(=O)[C@@H](NC(=O)CN2CCC(CN3CCN(c4ccc(-c5cnc6[nH]cc(C(=O)c7c(F)ccc(NS(=O)(=O)N8CC[C@@H](F)C8)c7F)c6c5)cc4)CC3)CC2)C(C)(C)C)cc1. The number of hydrogen-bond donors (Lipinski definition) is 5. The highest BCUT2D eigenvalue weighted by Gasteiger charge is 2.45. The number of aliphatic hydroxyl groups is 1. The van der Waals surface area contributed by atoms with Crippen molar-refractivity contribution in [3.05, 3.63) is 119 Å². The fourth-order valence-electron chi connectivity index (χ4n) is 11.4. The molecular weight excluding hydrogens is 1080 g/mol. The van der Waals surface area contributed by atoms with Crippen LogP contribution < -0.4 is 20.3 Å². The maximum absolute atomic E-state index is 15.8. The molecule has 0 radical (unpaired) electrons. The largest absolute Gasteiger partial charge is 0.391 e. The number of β-amino-alcohol motifs (C(OH)–C–C–N with tert-alkyl or cyclic N) is 1. The molecule has 6 aromatic rings. The van der Waals surface area contributed by atoms with Crippen LogP contribution in [0.25, 0.3) is 32.6 Å². The molecule has 0 unspecified atom stereocenters. The fourth-order valence-corrected chi connectivity index (χ4v) is 13.4. The molecule has 3 amide bonds. The Labute approximate surface area is 473 Å². The molecule has 3 aromatic carbocycles. The molecule has 7 heterocycles. The highest BCUT2D eigenvalue weighted by Crippen LogP contribution is 2.33. The Balaban J connectivity index is 0.678. The van der Waals surface area contributed by atoms with Crippen LogP contribution in [0.1, 0.15) is 73.6 Å². The number of amides is 3. The minimum atomic E-state index is -4.37. The Morgan fingerprint density at radius 3 is 2.25 bits per heavy atom. The van der Waals surface area contributed by atoms with Crippen LogP contribution in [0.4, 0.5) is 24.5 Å². The van der Waals surface area contributed by atoms with Crippen molar-refractivity contribution in [1.82, 2.24) is 44.6 Å². The smallest absolute Gasteiger partial charge is 0.301 e. The average Bonchev–Trinajstić information content (AvgIpc) is 4.41. The number of rotatable bonds is 17. The van der Waals surface area contributed by atoms with E-state index in [1.54, 1.807) is 23.6 Å². The average molecular weight is 1150 g/mol. The van der Waals surface area contributed by atoms with E-state index in [0.717, 1.165) is 108 Å². The molecule has 4 aliphatic rings. The van der Waals surface area contributed by atoms with Gasteiger partial charge in [-0.2, -0.15) is 12.7 Å². The van der Waals surface area contributed by atoms with E-state index in [1.807, 2.05) is 86.5 Å². The van der Waals surface area contributed by atoms with Crippen molar-refractivity contribution in [1.29, 1.82) is 0 Å². The van der Waals surface area contributed by atoms with Gasteiger partial charge in [0.25, 0.3) is 0 Å². The van der Waals surface area contributed by atoms with Gasteiger partial charge in [-0.05, 0) is 97.6 Å². The maximum Gasteiger partial charge on any atom is 0.301 e. The lowest BCUT2D eigenvalue weighted by molar-refractivity contribution is -0.144. The van der Waals surface area contributed by atoms with Crippen molar-refractivity contribution in [3.63, 3.8) is 0 Å². The first-order chi connectivity index (χ1) is 38.7. The van der Waals surface area contributed by atoms with E-state index in [1.165, 1.54) is 11.1 Å². The summed E-state index contributed by atoms with van der Waals surface area (Å²) in [4.78, 5) is 76.5. The topological polar surface area (TPSA) is 217 Å². The van der Waals surface area contributed by atoms with Gasteiger partial charge >= 0.3 is 10.2 Å². The molecular formula is C58H68F3N11O7S2. The van der Waals surface area contributed by atoms with Gasteiger partial charge in [0, 0.05) is 99.9 Å². The second-order valence-corrected chi connectivity index (χ2v) is 25.3. The zero-order valence-corrected chi connectivity index (χ0v) is 47.4. The number of carbonyl (C=O) groups is 4. The number of halogens is 3. The number of pyridine rings is 1. The predicted molar refractivity (Wildman–Crippen MR) is 304 cm³/mol. The molecule has 10 rings (SSSR count). The molecule has 0 aliphatic carbocycles. The number of aromatic nitrogens is 3. The van der Waals surface area contributed by atoms with E-state index < -0.39 is 81.1 Å². The van der Waals surface area contributed by atoms with Gasteiger partial charge in [0.1, 0.15) is 29.7 Å². The van der Waals surface area contributed by atoms with Crippen LogP contribution in [0, 0.1) is 29.9 Å². The number of fused-ring (bicyclic) bond motifs is 1. The summed E-state index contributed by atoms with van der Waals surface area (Å²) in [5.74, 6) is -4.13. The molecule has 4 atom stereocenters. The Hall–Kier alpha value is -6.76. The van der Waals surface area contributed by atoms with Gasteiger partial charge in [-0.1, -0.05) is 57.2 Å². The number of hydrogen-bond acceptors (Lipinski definition) is 13. The number of aryl methyl sites for hydroxylation is 1. The van der Waals surface area contributed by atoms with Crippen LogP contribution in [0.15, 0.2) is 84.6 Å².